The van der Waals surface area contributed by atoms with Gasteiger partial charge in [0.25, 0.3) is 5.88 Å². The predicted molar refractivity (Wildman–Crippen MR) is 47.5 cm³/mol. The molecule has 8 heteroatoms. The van der Waals surface area contributed by atoms with Crippen molar-refractivity contribution in [3.63, 3.8) is 0 Å². The lowest BCUT2D eigenvalue weighted by Crippen LogP contribution is -2.00. The van der Waals surface area contributed by atoms with Crippen LogP contribution in [0, 0.1) is 5.82 Å². The normalized spacial score (nSPS) is 10.3. The lowest BCUT2D eigenvalue weighted by Gasteiger charge is -2.00. The Morgan fingerprint density at radius 1 is 1.47 bits per heavy atom. The molecule has 0 aliphatic heterocycles. The highest BCUT2D eigenvalue weighted by Crippen LogP contribution is 2.18. The van der Waals surface area contributed by atoms with Crippen LogP contribution in [0.15, 0.2) is 12.5 Å². The summed E-state index contributed by atoms with van der Waals surface area (Å²) in [6.07, 6.45) is 2.33. The monoisotopic (exact) mass is 210 g/mol. The molecular weight excluding hydrogens is 203 g/mol. The molecule has 0 amide bonds. The second-order valence-electron chi connectivity index (χ2n) is 2.68. The summed E-state index contributed by atoms with van der Waals surface area (Å²) >= 11 is 0. The number of aromatic nitrogens is 5. The van der Waals surface area contributed by atoms with Crippen molar-refractivity contribution in [1.29, 1.82) is 0 Å². The molecule has 0 saturated heterocycles. The van der Waals surface area contributed by atoms with E-state index in [1.54, 1.807) is 7.05 Å². The molecule has 7 nitrogen and oxygen atoms in total. The van der Waals surface area contributed by atoms with Crippen molar-refractivity contribution in [2.75, 3.05) is 5.73 Å². The molecular formula is C7H7FN6O. The van der Waals surface area contributed by atoms with Crippen molar-refractivity contribution in [2.24, 2.45) is 7.05 Å². The zero-order valence-electron chi connectivity index (χ0n) is 7.75. The van der Waals surface area contributed by atoms with E-state index in [4.69, 9.17) is 10.5 Å². The van der Waals surface area contributed by atoms with Crippen LogP contribution in [0.2, 0.25) is 0 Å². The Morgan fingerprint density at radius 2 is 2.27 bits per heavy atom. The van der Waals surface area contributed by atoms with E-state index in [0.717, 1.165) is 6.20 Å². The van der Waals surface area contributed by atoms with Gasteiger partial charge in [0.15, 0.2) is 0 Å². The minimum Gasteiger partial charge on any atom is -0.401 e. The summed E-state index contributed by atoms with van der Waals surface area (Å²) in [5.74, 6) is -1.10. The van der Waals surface area contributed by atoms with Gasteiger partial charge in [-0.25, -0.2) is 4.98 Å². The van der Waals surface area contributed by atoms with Crippen molar-refractivity contribution in [3.05, 3.63) is 18.3 Å². The quantitative estimate of drug-likeness (QED) is 0.756. The first-order chi connectivity index (χ1) is 7.15. The fourth-order valence-corrected chi connectivity index (χ4v) is 0.889. The average Bonchev–Trinajstić information content (AvgIpc) is 2.58. The Morgan fingerprint density at radius 3 is 2.93 bits per heavy atom. The molecule has 78 valence electrons. The molecule has 0 radical (unpaired) electrons. The van der Waals surface area contributed by atoms with Crippen LogP contribution >= 0.6 is 0 Å². The average molecular weight is 210 g/mol. The molecule has 0 aliphatic rings. The second-order valence-corrected chi connectivity index (χ2v) is 2.68. The first-order valence-electron chi connectivity index (χ1n) is 3.96. The van der Waals surface area contributed by atoms with E-state index in [-0.39, 0.29) is 17.8 Å². The molecule has 0 aliphatic carbocycles. The zero-order chi connectivity index (χ0) is 10.8. The lowest BCUT2D eigenvalue weighted by atomic mass is 10.6. The van der Waals surface area contributed by atoms with Gasteiger partial charge in [-0.15, -0.1) is 5.10 Å². The second kappa shape index (κ2) is 3.48. The number of rotatable bonds is 2. The van der Waals surface area contributed by atoms with Gasteiger partial charge in [-0.3, -0.25) is 4.68 Å². The minimum absolute atomic E-state index is 0.00509. The Labute approximate surface area is 83.7 Å². The van der Waals surface area contributed by atoms with Crippen LogP contribution in [0.3, 0.4) is 0 Å². The van der Waals surface area contributed by atoms with Crippen LogP contribution in [-0.2, 0) is 7.05 Å². The number of aryl methyl sites for hydroxylation is 1. The summed E-state index contributed by atoms with van der Waals surface area (Å²) in [5, 5.41) is 3.79. The highest BCUT2D eigenvalue weighted by atomic mass is 19.1. The van der Waals surface area contributed by atoms with Gasteiger partial charge in [0.1, 0.15) is 6.33 Å². The molecule has 2 heterocycles. The highest BCUT2D eigenvalue weighted by Gasteiger charge is 2.10. The van der Waals surface area contributed by atoms with Crippen LogP contribution in [0.5, 0.6) is 11.9 Å². The molecule has 2 aromatic rings. The van der Waals surface area contributed by atoms with Gasteiger partial charge in [0.2, 0.25) is 11.8 Å². The summed E-state index contributed by atoms with van der Waals surface area (Å²) in [4.78, 5) is 10.8. The number of halogens is 1. The first kappa shape index (κ1) is 9.31. The Bertz CT molecular complexity index is 484. The molecule has 2 N–H and O–H groups in total. The maximum atomic E-state index is 13.1. The lowest BCUT2D eigenvalue weighted by molar-refractivity contribution is 0.390. The van der Waals surface area contributed by atoms with Crippen molar-refractivity contribution < 1.29 is 9.13 Å². The maximum absolute atomic E-state index is 13.1. The fraction of sp³-hybridized carbons (Fsp3) is 0.143. The fourth-order valence-electron chi connectivity index (χ4n) is 0.889. The van der Waals surface area contributed by atoms with E-state index >= 15 is 0 Å². The van der Waals surface area contributed by atoms with Gasteiger partial charge in [-0.05, 0) is 0 Å². The molecule has 2 rings (SSSR count). The summed E-state index contributed by atoms with van der Waals surface area (Å²) in [6, 6.07) is -0.00509. The van der Waals surface area contributed by atoms with E-state index in [0.29, 0.717) is 0 Å². The van der Waals surface area contributed by atoms with Gasteiger partial charge in [0, 0.05) is 7.05 Å². The standard InChI is InChI=1S/C7H7FN6O/c1-14-3-11-7(13-14)15-5-4(8)2-10-6(9)12-5/h2-3H,1H3,(H2,9,10,12). The molecule has 2 aromatic heterocycles. The molecule has 15 heavy (non-hydrogen) atoms. The number of anilines is 1. The van der Waals surface area contributed by atoms with Crippen LogP contribution in [0.1, 0.15) is 0 Å². The highest BCUT2D eigenvalue weighted by molar-refractivity contribution is 5.24. The van der Waals surface area contributed by atoms with Gasteiger partial charge in [-0.2, -0.15) is 14.4 Å². The molecule has 0 unspecified atom stereocenters. The van der Waals surface area contributed by atoms with Crippen molar-refractivity contribution >= 4 is 5.95 Å². The molecule has 0 bridgehead atoms. The van der Waals surface area contributed by atoms with Gasteiger partial charge in [0.05, 0.1) is 6.20 Å². The van der Waals surface area contributed by atoms with Crippen molar-refractivity contribution in [3.8, 4) is 11.9 Å². The number of nitrogen functional groups attached to an aromatic ring is 1. The number of nitrogens with zero attached hydrogens (tertiary/aromatic N) is 5. The number of hydrogen-bond acceptors (Lipinski definition) is 6. The predicted octanol–water partition coefficient (Wildman–Crippen LogP) is 0.119. The third-order valence-electron chi connectivity index (χ3n) is 1.50. The van der Waals surface area contributed by atoms with Crippen LogP contribution in [-0.4, -0.2) is 24.7 Å². The van der Waals surface area contributed by atoms with E-state index < -0.39 is 5.82 Å². The number of nitrogens with two attached hydrogens (primary N) is 1. The summed E-state index contributed by atoms with van der Waals surface area (Å²) < 4.78 is 19.5. The number of hydrogen-bond donors (Lipinski definition) is 1. The van der Waals surface area contributed by atoms with E-state index in [9.17, 15) is 4.39 Å². The van der Waals surface area contributed by atoms with Crippen molar-refractivity contribution in [1.82, 2.24) is 24.7 Å². The first-order valence-corrected chi connectivity index (χ1v) is 3.96. The van der Waals surface area contributed by atoms with Crippen LogP contribution in [0.25, 0.3) is 0 Å². The Kier molecular flexibility index (Phi) is 2.16. The maximum Gasteiger partial charge on any atom is 0.342 e. The molecule has 0 fully saturated rings. The van der Waals surface area contributed by atoms with Crippen LogP contribution < -0.4 is 10.5 Å². The topological polar surface area (TPSA) is 91.7 Å². The number of ether oxygens (including phenoxy) is 1. The molecule has 0 spiro atoms. The van der Waals surface area contributed by atoms with Gasteiger partial charge < -0.3 is 10.5 Å². The summed E-state index contributed by atoms with van der Waals surface area (Å²) in [6.45, 7) is 0. The van der Waals surface area contributed by atoms with Crippen molar-refractivity contribution in [2.45, 2.75) is 0 Å². The third-order valence-corrected chi connectivity index (χ3v) is 1.50. The molecule has 0 atom stereocenters. The van der Waals surface area contributed by atoms with Crippen LogP contribution in [0.4, 0.5) is 10.3 Å². The summed E-state index contributed by atoms with van der Waals surface area (Å²) in [7, 11) is 1.66. The third kappa shape index (κ3) is 1.98. The molecule has 0 aromatic carbocycles. The van der Waals surface area contributed by atoms with E-state index in [1.165, 1.54) is 11.0 Å². The Balaban J connectivity index is 2.27. The van der Waals surface area contributed by atoms with Gasteiger partial charge in [-0.1, -0.05) is 0 Å². The largest absolute Gasteiger partial charge is 0.401 e. The summed E-state index contributed by atoms with van der Waals surface area (Å²) in [5.41, 5.74) is 5.27. The van der Waals surface area contributed by atoms with Gasteiger partial charge >= 0.3 is 6.01 Å². The molecule has 0 saturated carbocycles. The minimum atomic E-state index is -0.725. The zero-order valence-corrected chi connectivity index (χ0v) is 7.75. The van der Waals surface area contributed by atoms with E-state index in [2.05, 4.69) is 20.1 Å². The van der Waals surface area contributed by atoms with E-state index in [1.807, 2.05) is 0 Å². The SMILES string of the molecule is Cn1cnc(Oc2nc(N)ncc2F)n1. The Hall–Kier alpha value is -2.25. The smallest absolute Gasteiger partial charge is 0.342 e.